The van der Waals surface area contributed by atoms with Gasteiger partial charge in [-0.3, -0.25) is 4.79 Å². The maximum Gasteiger partial charge on any atom is 0.392 e. The number of hydrogen-bond donors (Lipinski definition) is 0. The summed E-state index contributed by atoms with van der Waals surface area (Å²) in [5.74, 6) is -3.88. The number of benzene rings is 1. The summed E-state index contributed by atoms with van der Waals surface area (Å²) in [7, 11) is 0. The van der Waals surface area contributed by atoms with Crippen molar-refractivity contribution in [2.24, 2.45) is 11.8 Å². The molecule has 2 unspecified atom stereocenters. The summed E-state index contributed by atoms with van der Waals surface area (Å²) >= 11 is 0. The van der Waals surface area contributed by atoms with Crippen LogP contribution in [-0.2, 0) is 0 Å². The van der Waals surface area contributed by atoms with Gasteiger partial charge in [0.1, 0.15) is 5.82 Å². The van der Waals surface area contributed by atoms with Crippen molar-refractivity contribution in [3.8, 4) is 0 Å². The Morgan fingerprint density at radius 1 is 1.16 bits per heavy atom. The molecule has 0 heterocycles. The summed E-state index contributed by atoms with van der Waals surface area (Å²) in [5, 5.41) is 0. The van der Waals surface area contributed by atoms with E-state index in [1.54, 1.807) is 0 Å². The Bertz CT molecular complexity index is 467. The monoisotopic (exact) mass is 274 g/mol. The number of halogens is 4. The second-order valence-corrected chi connectivity index (χ2v) is 4.91. The van der Waals surface area contributed by atoms with Crippen LogP contribution in [0.15, 0.2) is 24.3 Å². The van der Waals surface area contributed by atoms with Gasteiger partial charge < -0.3 is 0 Å². The third-order valence-electron chi connectivity index (χ3n) is 3.63. The van der Waals surface area contributed by atoms with E-state index in [1.165, 1.54) is 18.2 Å². The largest absolute Gasteiger partial charge is 0.392 e. The van der Waals surface area contributed by atoms with Crippen molar-refractivity contribution in [2.75, 3.05) is 0 Å². The van der Waals surface area contributed by atoms with Gasteiger partial charge in [0.2, 0.25) is 0 Å². The maximum atomic E-state index is 13.1. The molecule has 2 rings (SSSR count). The van der Waals surface area contributed by atoms with Crippen LogP contribution in [0.3, 0.4) is 0 Å². The minimum atomic E-state index is -4.37. The molecule has 1 nitrogen and oxygen atoms in total. The fourth-order valence-corrected chi connectivity index (χ4v) is 2.69. The van der Waals surface area contributed by atoms with E-state index in [-0.39, 0.29) is 18.4 Å². The lowest BCUT2D eigenvalue weighted by atomic mass is 9.75. The van der Waals surface area contributed by atoms with Crippen LogP contribution in [0.25, 0.3) is 0 Å². The number of carbonyl (C=O) groups is 1. The van der Waals surface area contributed by atoms with Crippen LogP contribution in [0.4, 0.5) is 17.6 Å². The molecule has 0 saturated heterocycles. The molecule has 1 aromatic carbocycles. The number of hydrogen-bond acceptors (Lipinski definition) is 1. The Morgan fingerprint density at radius 2 is 1.84 bits per heavy atom. The topological polar surface area (TPSA) is 17.1 Å². The molecular formula is C14H14F4O. The maximum absolute atomic E-state index is 13.1. The molecule has 0 amide bonds. The van der Waals surface area contributed by atoms with Crippen LogP contribution >= 0.6 is 0 Å². The summed E-state index contributed by atoms with van der Waals surface area (Å²) < 4.78 is 51.8. The van der Waals surface area contributed by atoms with Crippen LogP contribution in [0.1, 0.15) is 36.0 Å². The van der Waals surface area contributed by atoms with Gasteiger partial charge in [-0.25, -0.2) is 4.39 Å². The Kier molecular flexibility index (Phi) is 3.92. The van der Waals surface area contributed by atoms with E-state index in [1.807, 2.05) is 0 Å². The third kappa shape index (κ3) is 3.14. The van der Waals surface area contributed by atoms with Gasteiger partial charge in [0.15, 0.2) is 5.78 Å². The highest BCUT2D eigenvalue weighted by atomic mass is 19.4. The molecule has 1 aromatic rings. The predicted molar refractivity (Wildman–Crippen MR) is 62.2 cm³/mol. The van der Waals surface area contributed by atoms with E-state index in [9.17, 15) is 22.4 Å². The number of rotatable bonds is 2. The molecule has 0 spiro atoms. The van der Waals surface area contributed by atoms with Crippen molar-refractivity contribution in [1.29, 1.82) is 0 Å². The molecule has 2 atom stereocenters. The summed E-state index contributed by atoms with van der Waals surface area (Å²) in [5.41, 5.74) is 0.0288. The lowest BCUT2D eigenvalue weighted by Crippen LogP contribution is -2.37. The Morgan fingerprint density at radius 3 is 2.47 bits per heavy atom. The van der Waals surface area contributed by atoms with Crippen LogP contribution in [0, 0.1) is 17.7 Å². The molecule has 0 N–H and O–H groups in total. The zero-order valence-corrected chi connectivity index (χ0v) is 10.2. The highest BCUT2D eigenvalue weighted by molar-refractivity contribution is 5.98. The summed E-state index contributed by atoms with van der Waals surface area (Å²) in [4.78, 5) is 12.1. The first-order chi connectivity index (χ1) is 8.89. The Hall–Kier alpha value is -1.39. The standard InChI is InChI=1S/C14H14F4O/c15-10-5-3-4-9(8-10)13(19)11-6-1-2-7-12(11)14(16,17)18/h3-5,8,11-12H,1-2,6-7H2. The molecule has 0 bridgehead atoms. The van der Waals surface area contributed by atoms with Crippen molar-refractivity contribution in [2.45, 2.75) is 31.9 Å². The fraction of sp³-hybridized carbons (Fsp3) is 0.500. The fourth-order valence-electron chi connectivity index (χ4n) is 2.69. The highest BCUT2D eigenvalue weighted by Gasteiger charge is 2.47. The Balaban J connectivity index is 2.25. The zero-order valence-electron chi connectivity index (χ0n) is 10.2. The van der Waals surface area contributed by atoms with E-state index in [0.29, 0.717) is 12.8 Å². The molecular weight excluding hydrogens is 260 g/mol. The number of alkyl halides is 3. The van der Waals surface area contributed by atoms with Crippen molar-refractivity contribution in [3.05, 3.63) is 35.6 Å². The first-order valence-electron chi connectivity index (χ1n) is 6.26. The highest BCUT2D eigenvalue weighted by Crippen LogP contribution is 2.42. The minimum Gasteiger partial charge on any atom is -0.294 e. The molecule has 0 aliphatic heterocycles. The molecule has 1 aliphatic carbocycles. The van der Waals surface area contributed by atoms with Gasteiger partial charge in [0.25, 0.3) is 0 Å². The number of ketones is 1. The van der Waals surface area contributed by atoms with E-state index in [4.69, 9.17) is 0 Å². The molecule has 1 aliphatic rings. The van der Waals surface area contributed by atoms with Crippen LogP contribution < -0.4 is 0 Å². The summed E-state index contributed by atoms with van der Waals surface area (Å²) in [6.07, 6.45) is -3.07. The quantitative estimate of drug-likeness (QED) is 0.578. The predicted octanol–water partition coefficient (Wildman–Crippen LogP) is 4.38. The molecule has 0 radical (unpaired) electrons. The van der Waals surface area contributed by atoms with Gasteiger partial charge in [-0.15, -0.1) is 0 Å². The lowest BCUT2D eigenvalue weighted by Gasteiger charge is -2.32. The van der Waals surface area contributed by atoms with Gasteiger partial charge in [-0.05, 0) is 25.0 Å². The van der Waals surface area contributed by atoms with Crippen LogP contribution in [-0.4, -0.2) is 12.0 Å². The van der Waals surface area contributed by atoms with Gasteiger partial charge >= 0.3 is 6.18 Å². The van der Waals surface area contributed by atoms with E-state index in [2.05, 4.69) is 0 Å². The smallest absolute Gasteiger partial charge is 0.294 e. The molecule has 104 valence electrons. The van der Waals surface area contributed by atoms with Gasteiger partial charge in [0, 0.05) is 11.5 Å². The van der Waals surface area contributed by atoms with E-state index < -0.39 is 29.6 Å². The van der Waals surface area contributed by atoms with Crippen LogP contribution in [0.2, 0.25) is 0 Å². The number of carbonyl (C=O) groups excluding carboxylic acids is 1. The van der Waals surface area contributed by atoms with Crippen molar-refractivity contribution < 1.29 is 22.4 Å². The number of Topliss-reactive ketones (excluding diaryl/α,β-unsaturated/α-hetero) is 1. The molecule has 5 heteroatoms. The zero-order chi connectivity index (χ0) is 14.0. The average Bonchev–Trinajstić information content (AvgIpc) is 2.37. The first kappa shape index (κ1) is 14.0. The average molecular weight is 274 g/mol. The van der Waals surface area contributed by atoms with Crippen molar-refractivity contribution in [1.82, 2.24) is 0 Å². The normalized spacial score (nSPS) is 24.2. The first-order valence-corrected chi connectivity index (χ1v) is 6.26. The van der Waals surface area contributed by atoms with Gasteiger partial charge in [-0.2, -0.15) is 13.2 Å². The second kappa shape index (κ2) is 5.31. The van der Waals surface area contributed by atoms with Gasteiger partial charge in [0.05, 0.1) is 5.92 Å². The molecule has 1 fully saturated rings. The Labute approximate surface area is 108 Å². The lowest BCUT2D eigenvalue weighted by molar-refractivity contribution is -0.190. The van der Waals surface area contributed by atoms with Crippen molar-refractivity contribution >= 4 is 5.78 Å². The van der Waals surface area contributed by atoms with Gasteiger partial charge in [-0.1, -0.05) is 25.0 Å². The van der Waals surface area contributed by atoms with E-state index >= 15 is 0 Å². The summed E-state index contributed by atoms with van der Waals surface area (Å²) in [6, 6.07) is 4.88. The van der Waals surface area contributed by atoms with Crippen LogP contribution in [0.5, 0.6) is 0 Å². The van der Waals surface area contributed by atoms with E-state index in [0.717, 1.165) is 6.07 Å². The third-order valence-corrected chi connectivity index (χ3v) is 3.63. The minimum absolute atomic E-state index is 0.0186. The summed E-state index contributed by atoms with van der Waals surface area (Å²) in [6.45, 7) is 0. The van der Waals surface area contributed by atoms with Crippen molar-refractivity contribution in [3.63, 3.8) is 0 Å². The molecule has 1 saturated carbocycles. The SMILES string of the molecule is O=C(c1cccc(F)c1)C1CCCCC1C(F)(F)F. The second-order valence-electron chi connectivity index (χ2n) is 4.91. The molecule has 0 aromatic heterocycles. The molecule has 19 heavy (non-hydrogen) atoms.